The Kier molecular flexibility index (Phi) is 5.62. The van der Waals surface area contributed by atoms with Crippen LogP contribution in [0.5, 0.6) is 17.4 Å². The van der Waals surface area contributed by atoms with Crippen LogP contribution < -0.4 is 15.2 Å². The van der Waals surface area contributed by atoms with E-state index in [9.17, 15) is 14.4 Å². The topological polar surface area (TPSA) is 128 Å². The highest BCUT2D eigenvalue weighted by Gasteiger charge is 2.31. The van der Waals surface area contributed by atoms with Gasteiger partial charge in [0.05, 0.1) is 12.4 Å². The molecule has 0 radical (unpaired) electrons. The molecule has 1 aliphatic rings. The van der Waals surface area contributed by atoms with Gasteiger partial charge in [0.25, 0.3) is 11.8 Å². The Morgan fingerprint density at radius 2 is 1.90 bits per heavy atom. The van der Waals surface area contributed by atoms with Crippen LogP contribution in [0.1, 0.15) is 27.3 Å². The third-order valence-corrected chi connectivity index (χ3v) is 4.30. The summed E-state index contributed by atoms with van der Waals surface area (Å²) in [6.45, 7) is 0.593. The second-order valence-corrected chi connectivity index (χ2v) is 6.75. The number of aromatic nitrogens is 2. The van der Waals surface area contributed by atoms with Gasteiger partial charge in [0.1, 0.15) is 17.2 Å². The van der Waals surface area contributed by atoms with Crippen molar-refractivity contribution < 1.29 is 23.9 Å². The zero-order valence-electron chi connectivity index (χ0n) is 16.3. The van der Waals surface area contributed by atoms with Crippen LogP contribution in [0.15, 0.2) is 30.6 Å². The van der Waals surface area contributed by atoms with Crippen LogP contribution in [0.4, 0.5) is 0 Å². The Bertz CT molecular complexity index is 945. The van der Waals surface area contributed by atoms with Crippen molar-refractivity contribution in [1.29, 1.82) is 0 Å². The molecule has 1 unspecified atom stereocenters. The number of hydrogen-bond acceptors (Lipinski definition) is 7. The van der Waals surface area contributed by atoms with E-state index < -0.39 is 12.0 Å². The van der Waals surface area contributed by atoms with E-state index in [1.165, 1.54) is 35.5 Å². The number of carbonyl (C=O) groups excluding carboxylic acids is 3. The van der Waals surface area contributed by atoms with E-state index in [-0.39, 0.29) is 40.5 Å². The molecule has 0 aliphatic carbocycles. The molecule has 10 heteroatoms. The molecule has 1 fully saturated rings. The van der Waals surface area contributed by atoms with E-state index in [4.69, 9.17) is 15.2 Å². The van der Waals surface area contributed by atoms with Crippen LogP contribution in [0.25, 0.3) is 0 Å². The van der Waals surface area contributed by atoms with Crippen LogP contribution in [0, 0.1) is 0 Å². The highest BCUT2D eigenvalue weighted by atomic mass is 16.5. The van der Waals surface area contributed by atoms with Gasteiger partial charge >= 0.3 is 0 Å². The number of carbonyl (C=O) groups is 3. The van der Waals surface area contributed by atoms with E-state index >= 15 is 0 Å². The number of primary amides is 1. The molecule has 2 heterocycles. The summed E-state index contributed by atoms with van der Waals surface area (Å²) in [7, 11) is 4.92. The maximum Gasteiger partial charge on any atom is 0.273 e. The van der Waals surface area contributed by atoms with Crippen molar-refractivity contribution in [2.75, 3.05) is 27.7 Å². The summed E-state index contributed by atoms with van der Waals surface area (Å²) in [5.41, 5.74) is 5.71. The number of amides is 3. The second-order valence-electron chi connectivity index (χ2n) is 6.75. The molecule has 3 rings (SSSR count). The third kappa shape index (κ3) is 4.60. The van der Waals surface area contributed by atoms with Crippen molar-refractivity contribution in [2.45, 2.75) is 12.5 Å². The number of nitrogens with zero attached hydrogens (tertiary/aromatic N) is 4. The lowest BCUT2D eigenvalue weighted by molar-refractivity contribution is -0.132. The summed E-state index contributed by atoms with van der Waals surface area (Å²) in [5.74, 6) is -0.475. The largest absolute Gasteiger partial charge is 0.480 e. The van der Waals surface area contributed by atoms with Gasteiger partial charge in [0, 0.05) is 45.7 Å². The molecular weight excluding hydrogens is 378 g/mol. The molecule has 10 nitrogen and oxygen atoms in total. The van der Waals surface area contributed by atoms with E-state index in [0.29, 0.717) is 13.0 Å². The van der Waals surface area contributed by atoms with Crippen LogP contribution in [-0.2, 0) is 4.79 Å². The fourth-order valence-electron chi connectivity index (χ4n) is 2.73. The highest BCUT2D eigenvalue weighted by molar-refractivity contribution is 5.94. The van der Waals surface area contributed by atoms with Gasteiger partial charge in [-0.25, -0.2) is 9.97 Å². The van der Waals surface area contributed by atoms with Crippen LogP contribution in [-0.4, -0.2) is 71.3 Å². The van der Waals surface area contributed by atoms with Crippen LogP contribution in [0.2, 0.25) is 0 Å². The Labute approximate surface area is 167 Å². The van der Waals surface area contributed by atoms with Crippen molar-refractivity contribution in [3.8, 4) is 17.4 Å². The SMILES string of the molecule is CN(C)C(=O)c1cnc(Oc2cc(OC3CCN(C)C3=O)cc(C(N)=O)c2)cn1. The van der Waals surface area contributed by atoms with Gasteiger partial charge < -0.3 is 25.0 Å². The smallest absolute Gasteiger partial charge is 0.273 e. The number of nitrogens with two attached hydrogens (primary N) is 1. The predicted octanol–water partition coefficient (Wildman–Crippen LogP) is 0.679. The maximum atomic E-state index is 12.1. The normalized spacial score (nSPS) is 15.9. The lowest BCUT2D eigenvalue weighted by Crippen LogP contribution is -2.29. The number of hydrogen-bond donors (Lipinski definition) is 1. The molecule has 0 bridgehead atoms. The molecule has 1 aromatic heterocycles. The minimum absolute atomic E-state index is 0.115. The Balaban J connectivity index is 1.81. The molecule has 29 heavy (non-hydrogen) atoms. The van der Waals surface area contributed by atoms with Crippen LogP contribution >= 0.6 is 0 Å². The molecule has 152 valence electrons. The Hall–Kier alpha value is -3.69. The summed E-state index contributed by atoms with van der Waals surface area (Å²) in [4.78, 5) is 46.6. The predicted molar refractivity (Wildman–Crippen MR) is 102 cm³/mol. The van der Waals surface area contributed by atoms with Gasteiger partial charge in [0.15, 0.2) is 6.10 Å². The van der Waals surface area contributed by atoms with Gasteiger partial charge in [0.2, 0.25) is 11.8 Å². The van der Waals surface area contributed by atoms with E-state index in [2.05, 4.69) is 9.97 Å². The second kappa shape index (κ2) is 8.13. The van der Waals surface area contributed by atoms with E-state index in [0.717, 1.165) is 0 Å². The molecule has 1 aliphatic heterocycles. The first kappa shape index (κ1) is 20.1. The summed E-state index contributed by atoms with van der Waals surface area (Å²) in [5, 5.41) is 0. The highest BCUT2D eigenvalue weighted by Crippen LogP contribution is 2.28. The quantitative estimate of drug-likeness (QED) is 0.756. The molecular formula is C19H21N5O5. The molecule has 2 aromatic rings. The molecule has 1 saturated heterocycles. The first-order valence-electron chi connectivity index (χ1n) is 8.82. The minimum atomic E-state index is -0.673. The first-order chi connectivity index (χ1) is 13.7. The number of likely N-dealkylation sites (tertiary alicyclic amines) is 1. The molecule has 1 aromatic carbocycles. The van der Waals surface area contributed by atoms with E-state index in [1.807, 2.05) is 0 Å². The Morgan fingerprint density at radius 3 is 2.45 bits per heavy atom. The molecule has 0 spiro atoms. The lowest BCUT2D eigenvalue weighted by atomic mass is 10.2. The van der Waals surface area contributed by atoms with Crippen molar-refractivity contribution in [2.24, 2.45) is 5.73 Å². The van der Waals surface area contributed by atoms with Gasteiger partial charge in [-0.3, -0.25) is 14.4 Å². The summed E-state index contributed by atoms with van der Waals surface area (Å²) in [6, 6.07) is 4.41. The van der Waals surface area contributed by atoms with Gasteiger partial charge in [-0.15, -0.1) is 0 Å². The molecule has 1 atom stereocenters. The summed E-state index contributed by atoms with van der Waals surface area (Å²) >= 11 is 0. The monoisotopic (exact) mass is 399 g/mol. The average Bonchev–Trinajstić information content (AvgIpc) is 3.00. The first-order valence-corrected chi connectivity index (χ1v) is 8.82. The fraction of sp³-hybridized carbons (Fsp3) is 0.316. The van der Waals surface area contributed by atoms with Gasteiger partial charge in [-0.05, 0) is 12.1 Å². The van der Waals surface area contributed by atoms with E-state index in [1.54, 1.807) is 26.0 Å². The van der Waals surface area contributed by atoms with Crippen molar-refractivity contribution >= 4 is 17.7 Å². The van der Waals surface area contributed by atoms with Crippen molar-refractivity contribution in [3.63, 3.8) is 0 Å². The number of benzene rings is 1. The Morgan fingerprint density at radius 1 is 1.17 bits per heavy atom. The molecule has 0 saturated carbocycles. The molecule has 2 N–H and O–H groups in total. The van der Waals surface area contributed by atoms with Crippen molar-refractivity contribution in [1.82, 2.24) is 19.8 Å². The zero-order chi connectivity index (χ0) is 21.1. The average molecular weight is 399 g/mol. The maximum absolute atomic E-state index is 12.1. The van der Waals surface area contributed by atoms with Crippen molar-refractivity contribution in [3.05, 3.63) is 41.9 Å². The zero-order valence-corrected chi connectivity index (χ0v) is 16.3. The number of ether oxygens (including phenoxy) is 2. The number of likely N-dealkylation sites (N-methyl/N-ethyl adjacent to an activating group) is 1. The standard InChI is InChI=1S/C19H21N5O5/c1-23(2)18(26)14-9-22-16(10-21-14)29-13-7-11(17(20)25)6-12(8-13)28-15-4-5-24(3)19(15)27/h6-10,15H,4-5H2,1-3H3,(H2,20,25). The van der Waals surface area contributed by atoms with Gasteiger partial charge in [-0.1, -0.05) is 0 Å². The number of rotatable bonds is 6. The minimum Gasteiger partial charge on any atom is -0.480 e. The fourth-order valence-corrected chi connectivity index (χ4v) is 2.73. The lowest BCUT2D eigenvalue weighted by Gasteiger charge is -2.15. The summed E-state index contributed by atoms with van der Waals surface area (Å²) < 4.78 is 11.4. The third-order valence-electron chi connectivity index (χ3n) is 4.30. The van der Waals surface area contributed by atoms with Crippen LogP contribution in [0.3, 0.4) is 0 Å². The van der Waals surface area contributed by atoms with Gasteiger partial charge in [-0.2, -0.15) is 0 Å². The molecule has 3 amide bonds. The summed E-state index contributed by atoms with van der Waals surface area (Å²) in [6.07, 6.45) is 2.50.